The number of aromatic amines is 1. The summed E-state index contributed by atoms with van der Waals surface area (Å²) in [5.41, 5.74) is 3.85. The third kappa shape index (κ3) is 1.52. The molecule has 0 aliphatic carbocycles. The van der Waals surface area contributed by atoms with Crippen molar-refractivity contribution in [3.8, 4) is 0 Å². The Morgan fingerprint density at radius 3 is 2.83 bits per heavy atom. The van der Waals surface area contributed by atoms with Crippen molar-refractivity contribution in [2.24, 2.45) is 0 Å². The fourth-order valence-electron chi connectivity index (χ4n) is 1.78. The van der Waals surface area contributed by atoms with Gasteiger partial charge in [0.05, 0.1) is 17.6 Å². The molecule has 0 saturated carbocycles. The first-order chi connectivity index (χ1) is 8.66. The van der Waals surface area contributed by atoms with Crippen LogP contribution in [-0.4, -0.2) is 29.8 Å². The van der Waals surface area contributed by atoms with Crippen LogP contribution < -0.4 is 5.32 Å². The quantitative estimate of drug-likeness (QED) is 0.712. The number of nitrogens with one attached hydrogen (secondary N) is 2. The summed E-state index contributed by atoms with van der Waals surface area (Å²) in [7, 11) is 0. The van der Waals surface area contributed by atoms with Crippen LogP contribution in [0.4, 0.5) is 11.5 Å². The summed E-state index contributed by atoms with van der Waals surface area (Å²) in [6.45, 7) is 5.91. The summed E-state index contributed by atoms with van der Waals surface area (Å²) in [4.78, 5) is 8.48. The normalized spacial score (nSPS) is 11.1. The fraction of sp³-hybridized carbons (Fsp3) is 0.273. The summed E-state index contributed by atoms with van der Waals surface area (Å²) >= 11 is 0. The van der Waals surface area contributed by atoms with E-state index in [-0.39, 0.29) is 0 Å². The predicted octanol–water partition coefficient (Wildman–Crippen LogP) is 1.52. The summed E-state index contributed by atoms with van der Waals surface area (Å²) in [5.74, 6) is 1.45. The molecule has 3 heterocycles. The Balaban J connectivity index is 2.18. The Morgan fingerprint density at radius 2 is 2.11 bits per heavy atom. The SMILES string of the molecule is Cc1nc2ncnn2c(Nc2cn[nH]c2C)c1C. The number of aromatic nitrogens is 6. The standard InChI is InChI=1S/C11H13N7/c1-6-7(2)15-11-12-5-14-18(11)10(6)16-9-4-13-17-8(9)3/h4-5,16H,1-3H3,(H,13,17). The number of H-pyrrole nitrogens is 1. The first-order valence-corrected chi connectivity index (χ1v) is 5.60. The van der Waals surface area contributed by atoms with Gasteiger partial charge in [-0.2, -0.15) is 19.7 Å². The van der Waals surface area contributed by atoms with E-state index in [4.69, 9.17) is 0 Å². The van der Waals surface area contributed by atoms with Crippen LogP contribution in [0.3, 0.4) is 0 Å². The van der Waals surface area contributed by atoms with Gasteiger partial charge in [-0.3, -0.25) is 5.10 Å². The first-order valence-electron chi connectivity index (χ1n) is 5.60. The molecule has 3 rings (SSSR count). The Hall–Kier alpha value is -2.44. The molecule has 0 radical (unpaired) electrons. The highest BCUT2D eigenvalue weighted by molar-refractivity contribution is 5.63. The zero-order valence-electron chi connectivity index (χ0n) is 10.4. The molecule has 92 valence electrons. The summed E-state index contributed by atoms with van der Waals surface area (Å²) in [6.07, 6.45) is 3.24. The molecule has 18 heavy (non-hydrogen) atoms. The molecule has 7 nitrogen and oxygen atoms in total. The lowest BCUT2D eigenvalue weighted by Crippen LogP contribution is -2.06. The minimum atomic E-state index is 0.585. The van der Waals surface area contributed by atoms with Gasteiger partial charge < -0.3 is 5.32 Å². The highest BCUT2D eigenvalue weighted by Gasteiger charge is 2.12. The summed E-state index contributed by atoms with van der Waals surface area (Å²) in [5, 5.41) is 14.4. The molecule has 0 unspecified atom stereocenters. The van der Waals surface area contributed by atoms with E-state index in [9.17, 15) is 0 Å². The van der Waals surface area contributed by atoms with Crippen LogP contribution in [0, 0.1) is 20.8 Å². The Kier molecular flexibility index (Phi) is 2.26. The van der Waals surface area contributed by atoms with Crippen molar-refractivity contribution in [1.29, 1.82) is 0 Å². The third-order valence-electron chi connectivity index (χ3n) is 2.99. The number of rotatable bonds is 2. The van der Waals surface area contributed by atoms with Crippen molar-refractivity contribution in [2.45, 2.75) is 20.8 Å². The van der Waals surface area contributed by atoms with E-state index in [0.717, 1.165) is 28.5 Å². The molecular weight excluding hydrogens is 230 g/mol. The van der Waals surface area contributed by atoms with Crippen LogP contribution in [0.5, 0.6) is 0 Å². The molecule has 3 aromatic rings. The van der Waals surface area contributed by atoms with E-state index in [1.165, 1.54) is 6.33 Å². The Labute approximate surface area is 103 Å². The fourth-order valence-corrected chi connectivity index (χ4v) is 1.78. The molecule has 7 heteroatoms. The van der Waals surface area contributed by atoms with E-state index in [1.54, 1.807) is 10.7 Å². The van der Waals surface area contributed by atoms with Crippen molar-refractivity contribution in [2.75, 3.05) is 5.32 Å². The minimum absolute atomic E-state index is 0.585. The van der Waals surface area contributed by atoms with E-state index in [1.807, 2.05) is 20.8 Å². The van der Waals surface area contributed by atoms with Gasteiger partial charge in [0.25, 0.3) is 5.78 Å². The van der Waals surface area contributed by atoms with Crippen LogP contribution >= 0.6 is 0 Å². The maximum Gasteiger partial charge on any atom is 0.254 e. The molecule has 0 atom stereocenters. The molecule has 0 aliphatic heterocycles. The van der Waals surface area contributed by atoms with Crippen molar-refractivity contribution in [3.05, 3.63) is 29.5 Å². The number of hydrogen-bond donors (Lipinski definition) is 2. The van der Waals surface area contributed by atoms with Gasteiger partial charge in [0, 0.05) is 11.3 Å². The molecule has 0 spiro atoms. The molecular formula is C11H13N7. The molecule has 0 bridgehead atoms. The van der Waals surface area contributed by atoms with Crippen molar-refractivity contribution >= 4 is 17.3 Å². The Morgan fingerprint density at radius 1 is 1.28 bits per heavy atom. The number of aryl methyl sites for hydroxylation is 2. The largest absolute Gasteiger partial charge is 0.337 e. The van der Waals surface area contributed by atoms with E-state index >= 15 is 0 Å². The molecule has 0 saturated heterocycles. The van der Waals surface area contributed by atoms with Gasteiger partial charge in [0.2, 0.25) is 0 Å². The number of nitrogens with zero attached hydrogens (tertiary/aromatic N) is 5. The zero-order chi connectivity index (χ0) is 12.7. The van der Waals surface area contributed by atoms with Gasteiger partial charge in [-0.05, 0) is 20.8 Å². The molecule has 0 fully saturated rings. The summed E-state index contributed by atoms with van der Waals surface area (Å²) < 4.78 is 1.69. The molecule has 0 aromatic carbocycles. The zero-order valence-corrected chi connectivity index (χ0v) is 10.4. The van der Waals surface area contributed by atoms with Gasteiger partial charge in [-0.1, -0.05) is 0 Å². The first kappa shape index (κ1) is 10.7. The second-order valence-electron chi connectivity index (χ2n) is 4.18. The van der Waals surface area contributed by atoms with Gasteiger partial charge in [-0.25, -0.2) is 4.98 Å². The van der Waals surface area contributed by atoms with Gasteiger partial charge in [-0.15, -0.1) is 0 Å². The van der Waals surface area contributed by atoms with Crippen LogP contribution in [-0.2, 0) is 0 Å². The number of fused-ring (bicyclic) bond motifs is 1. The second-order valence-corrected chi connectivity index (χ2v) is 4.18. The van der Waals surface area contributed by atoms with E-state index in [2.05, 4.69) is 30.6 Å². The number of anilines is 2. The smallest absolute Gasteiger partial charge is 0.254 e. The molecule has 3 aromatic heterocycles. The van der Waals surface area contributed by atoms with Crippen LogP contribution in [0.1, 0.15) is 17.0 Å². The minimum Gasteiger partial charge on any atom is -0.337 e. The van der Waals surface area contributed by atoms with Crippen LogP contribution in [0.2, 0.25) is 0 Å². The average Bonchev–Trinajstić information content (AvgIpc) is 2.94. The van der Waals surface area contributed by atoms with Crippen LogP contribution in [0.25, 0.3) is 5.78 Å². The van der Waals surface area contributed by atoms with Crippen molar-refractivity contribution in [3.63, 3.8) is 0 Å². The molecule has 2 N–H and O–H groups in total. The van der Waals surface area contributed by atoms with Crippen molar-refractivity contribution < 1.29 is 0 Å². The maximum absolute atomic E-state index is 4.37. The maximum atomic E-state index is 4.37. The highest BCUT2D eigenvalue weighted by atomic mass is 15.4. The lowest BCUT2D eigenvalue weighted by Gasteiger charge is -2.11. The van der Waals surface area contributed by atoms with Crippen molar-refractivity contribution in [1.82, 2.24) is 29.8 Å². The summed E-state index contributed by atoms with van der Waals surface area (Å²) in [6, 6.07) is 0. The predicted molar refractivity (Wildman–Crippen MR) is 66.9 cm³/mol. The highest BCUT2D eigenvalue weighted by Crippen LogP contribution is 2.23. The van der Waals surface area contributed by atoms with Gasteiger partial charge in [0.15, 0.2) is 0 Å². The monoisotopic (exact) mass is 243 g/mol. The Bertz CT molecular complexity index is 709. The third-order valence-corrected chi connectivity index (χ3v) is 2.99. The molecule has 0 amide bonds. The molecule has 0 aliphatic rings. The van der Waals surface area contributed by atoms with Crippen LogP contribution in [0.15, 0.2) is 12.5 Å². The van der Waals surface area contributed by atoms with Gasteiger partial charge in [0.1, 0.15) is 12.1 Å². The average molecular weight is 243 g/mol. The lowest BCUT2D eigenvalue weighted by atomic mass is 10.2. The lowest BCUT2D eigenvalue weighted by molar-refractivity contribution is 0.923. The van der Waals surface area contributed by atoms with Gasteiger partial charge >= 0.3 is 0 Å². The second kappa shape index (κ2) is 3.80. The topological polar surface area (TPSA) is 83.8 Å². The van der Waals surface area contributed by atoms with E-state index < -0.39 is 0 Å². The number of hydrogen-bond acceptors (Lipinski definition) is 5. The van der Waals surface area contributed by atoms with E-state index in [0.29, 0.717) is 5.78 Å².